The van der Waals surface area contributed by atoms with Gasteiger partial charge in [0.25, 0.3) is 0 Å². The van der Waals surface area contributed by atoms with E-state index in [1.165, 1.54) is 31.1 Å². The van der Waals surface area contributed by atoms with Crippen molar-refractivity contribution < 1.29 is 9.53 Å². The summed E-state index contributed by atoms with van der Waals surface area (Å²) in [6.45, 7) is 6.01. The van der Waals surface area contributed by atoms with Gasteiger partial charge < -0.3 is 4.74 Å². The molecule has 3 saturated carbocycles. The van der Waals surface area contributed by atoms with Gasteiger partial charge in [-0.1, -0.05) is 36.4 Å². The first-order valence-electron chi connectivity index (χ1n) is 7.91. The van der Waals surface area contributed by atoms with Gasteiger partial charge in [0.1, 0.15) is 0 Å². The zero-order valence-corrected chi connectivity index (χ0v) is 13.0. The van der Waals surface area contributed by atoms with Crippen LogP contribution >= 0.6 is 0 Å². The number of allylic oxidation sites excluding steroid dienone is 1. The Morgan fingerprint density at radius 2 is 1.86 bits per heavy atom. The fraction of sp³-hybridized carbons (Fsp3) is 0.526. The second-order valence-corrected chi connectivity index (χ2v) is 6.78. The smallest absolute Gasteiger partial charge is 0.312 e. The van der Waals surface area contributed by atoms with Crippen LogP contribution in [0.2, 0.25) is 0 Å². The van der Waals surface area contributed by atoms with Gasteiger partial charge in [0.05, 0.1) is 12.5 Å². The maximum atomic E-state index is 12.5. The molecule has 0 amide bonds. The van der Waals surface area contributed by atoms with Gasteiger partial charge in [-0.15, -0.1) is 0 Å². The monoisotopic (exact) mass is 284 g/mol. The minimum Gasteiger partial charge on any atom is -0.469 e. The zero-order chi connectivity index (χ0) is 15.0. The average molecular weight is 284 g/mol. The van der Waals surface area contributed by atoms with Gasteiger partial charge in [-0.3, -0.25) is 4.79 Å². The van der Waals surface area contributed by atoms with Crippen LogP contribution in [0.5, 0.6) is 0 Å². The molecule has 3 aliphatic carbocycles. The molecular formula is C19H24O2. The zero-order valence-electron chi connectivity index (χ0n) is 13.0. The second-order valence-electron chi connectivity index (χ2n) is 6.78. The lowest BCUT2D eigenvalue weighted by Gasteiger charge is -2.50. The quantitative estimate of drug-likeness (QED) is 0.761. The van der Waals surface area contributed by atoms with E-state index in [0.29, 0.717) is 5.92 Å². The Labute approximate surface area is 127 Å². The maximum absolute atomic E-state index is 12.5. The number of rotatable bonds is 3. The number of ether oxygens (including phenoxy) is 1. The molecule has 0 heterocycles. The van der Waals surface area contributed by atoms with Crippen LogP contribution in [0.3, 0.4) is 0 Å². The minimum absolute atomic E-state index is 0.00497. The predicted octanol–water partition coefficient (Wildman–Crippen LogP) is 4.56. The first-order chi connectivity index (χ1) is 10.1. The molecule has 112 valence electrons. The Kier molecular flexibility index (Phi) is 3.64. The standard InChI is InChI=1S/C19H24O2/c1-13(2)15-4-6-16(7-5-15)17-12-14-8-10-19(17,11-9-14)18(20)21-3/h4-7,14,17H,1,8-12H2,2-3H3. The van der Waals surface area contributed by atoms with Gasteiger partial charge in [-0.2, -0.15) is 0 Å². The van der Waals surface area contributed by atoms with E-state index < -0.39 is 0 Å². The normalized spacial score (nSPS) is 31.0. The van der Waals surface area contributed by atoms with Crippen molar-refractivity contribution in [2.45, 2.75) is 44.9 Å². The Morgan fingerprint density at radius 3 is 2.38 bits per heavy atom. The summed E-state index contributed by atoms with van der Waals surface area (Å²) in [5, 5.41) is 0. The summed E-state index contributed by atoms with van der Waals surface area (Å²) < 4.78 is 5.17. The molecule has 1 atom stereocenters. The third kappa shape index (κ3) is 2.31. The van der Waals surface area contributed by atoms with Crippen LogP contribution in [0.4, 0.5) is 0 Å². The molecule has 1 aromatic rings. The molecule has 4 rings (SSSR count). The van der Waals surface area contributed by atoms with Crippen molar-refractivity contribution in [3.63, 3.8) is 0 Å². The number of carbonyl (C=O) groups is 1. The summed E-state index contributed by atoms with van der Waals surface area (Å²) in [4.78, 5) is 12.5. The van der Waals surface area contributed by atoms with Crippen LogP contribution in [-0.4, -0.2) is 13.1 Å². The van der Waals surface area contributed by atoms with E-state index in [1.807, 2.05) is 6.92 Å². The molecule has 21 heavy (non-hydrogen) atoms. The summed E-state index contributed by atoms with van der Waals surface area (Å²) >= 11 is 0. The number of fused-ring (bicyclic) bond motifs is 3. The maximum Gasteiger partial charge on any atom is 0.312 e. The lowest BCUT2D eigenvalue weighted by molar-refractivity contribution is -0.161. The number of esters is 1. The summed E-state index contributed by atoms with van der Waals surface area (Å²) in [5.74, 6) is 1.09. The molecule has 0 saturated heterocycles. The van der Waals surface area contributed by atoms with Crippen molar-refractivity contribution in [1.82, 2.24) is 0 Å². The summed E-state index contributed by atoms with van der Waals surface area (Å²) in [6.07, 6.45) is 5.45. The first kappa shape index (κ1) is 14.4. The highest BCUT2D eigenvalue weighted by atomic mass is 16.5. The van der Waals surface area contributed by atoms with Crippen molar-refractivity contribution >= 4 is 11.5 Å². The fourth-order valence-corrected chi connectivity index (χ4v) is 4.34. The molecule has 1 unspecified atom stereocenters. The van der Waals surface area contributed by atoms with Gasteiger partial charge in [0.15, 0.2) is 0 Å². The van der Waals surface area contributed by atoms with Gasteiger partial charge in [-0.05, 0) is 56.1 Å². The van der Waals surface area contributed by atoms with Crippen LogP contribution in [0.15, 0.2) is 30.8 Å². The first-order valence-corrected chi connectivity index (χ1v) is 7.91. The third-order valence-corrected chi connectivity index (χ3v) is 5.63. The van der Waals surface area contributed by atoms with Crippen molar-refractivity contribution in [2.24, 2.45) is 11.3 Å². The van der Waals surface area contributed by atoms with Crippen LogP contribution in [0.1, 0.15) is 56.1 Å². The number of hydrogen-bond donors (Lipinski definition) is 0. The molecule has 0 radical (unpaired) electrons. The molecule has 0 spiro atoms. The Morgan fingerprint density at radius 1 is 1.24 bits per heavy atom. The van der Waals surface area contributed by atoms with Crippen LogP contribution in [0, 0.1) is 11.3 Å². The summed E-state index contributed by atoms with van der Waals surface area (Å²) in [6, 6.07) is 8.62. The highest BCUT2D eigenvalue weighted by Crippen LogP contribution is 2.58. The van der Waals surface area contributed by atoms with E-state index >= 15 is 0 Å². The number of hydrogen-bond acceptors (Lipinski definition) is 2. The van der Waals surface area contributed by atoms with E-state index in [9.17, 15) is 4.79 Å². The second kappa shape index (κ2) is 5.32. The minimum atomic E-state index is -0.283. The number of benzene rings is 1. The predicted molar refractivity (Wildman–Crippen MR) is 84.9 cm³/mol. The van der Waals surface area contributed by atoms with Gasteiger partial charge in [0, 0.05) is 5.92 Å². The highest BCUT2D eigenvalue weighted by molar-refractivity contribution is 5.79. The molecular weight excluding hydrogens is 260 g/mol. The van der Waals surface area contributed by atoms with Crippen molar-refractivity contribution in [3.05, 3.63) is 42.0 Å². The molecule has 2 heteroatoms. The Bertz CT molecular complexity index is 547. The summed E-state index contributed by atoms with van der Waals surface area (Å²) in [7, 11) is 1.53. The van der Waals surface area contributed by atoms with Gasteiger partial charge in [-0.25, -0.2) is 0 Å². The lowest BCUT2D eigenvalue weighted by Crippen LogP contribution is -2.46. The molecule has 0 N–H and O–H groups in total. The van der Waals surface area contributed by atoms with Gasteiger partial charge >= 0.3 is 5.97 Å². The molecule has 3 fully saturated rings. The van der Waals surface area contributed by atoms with E-state index in [1.54, 1.807) is 0 Å². The molecule has 2 nitrogen and oxygen atoms in total. The lowest BCUT2D eigenvalue weighted by atomic mass is 9.53. The number of carbonyl (C=O) groups excluding carboxylic acids is 1. The van der Waals surface area contributed by atoms with E-state index in [0.717, 1.165) is 30.8 Å². The highest BCUT2D eigenvalue weighted by Gasteiger charge is 2.53. The topological polar surface area (TPSA) is 26.3 Å². The fourth-order valence-electron chi connectivity index (χ4n) is 4.34. The van der Waals surface area contributed by atoms with Gasteiger partial charge in [0.2, 0.25) is 0 Å². The van der Waals surface area contributed by atoms with Crippen molar-refractivity contribution in [1.29, 1.82) is 0 Å². The SMILES string of the molecule is C=C(C)c1ccc(C2CC3CCC2(C(=O)OC)CC3)cc1. The van der Waals surface area contributed by atoms with E-state index in [4.69, 9.17) is 4.74 Å². The van der Waals surface area contributed by atoms with Crippen LogP contribution < -0.4 is 0 Å². The molecule has 0 aromatic heterocycles. The largest absolute Gasteiger partial charge is 0.469 e. The Balaban J connectivity index is 1.95. The summed E-state index contributed by atoms with van der Waals surface area (Å²) in [5.41, 5.74) is 3.25. The van der Waals surface area contributed by atoms with E-state index in [2.05, 4.69) is 30.8 Å². The molecule has 1 aromatic carbocycles. The van der Waals surface area contributed by atoms with E-state index in [-0.39, 0.29) is 11.4 Å². The van der Waals surface area contributed by atoms with Crippen LogP contribution in [0.25, 0.3) is 5.57 Å². The number of methoxy groups -OCH3 is 1. The third-order valence-electron chi connectivity index (χ3n) is 5.63. The molecule has 3 aliphatic rings. The molecule has 2 bridgehead atoms. The van der Waals surface area contributed by atoms with Crippen molar-refractivity contribution in [2.75, 3.05) is 7.11 Å². The Hall–Kier alpha value is -1.57. The van der Waals surface area contributed by atoms with Crippen LogP contribution in [-0.2, 0) is 9.53 Å². The van der Waals surface area contributed by atoms with Crippen molar-refractivity contribution in [3.8, 4) is 0 Å². The average Bonchev–Trinajstić information content (AvgIpc) is 2.55. The molecule has 0 aliphatic heterocycles.